The number of hydrogen-bond donors (Lipinski definition) is 0. The number of benzene rings is 2. The van der Waals surface area contributed by atoms with Gasteiger partial charge in [-0.2, -0.15) is 0 Å². The Kier molecular flexibility index (Phi) is 5.25. The van der Waals surface area contributed by atoms with Gasteiger partial charge in [-0.3, -0.25) is 4.79 Å². The largest absolute Gasteiger partial charge is 0.377 e. The fourth-order valence-electron chi connectivity index (χ4n) is 4.91. The minimum absolute atomic E-state index is 0.00519. The summed E-state index contributed by atoms with van der Waals surface area (Å²) >= 11 is 0. The fourth-order valence-corrected chi connectivity index (χ4v) is 9.19. The van der Waals surface area contributed by atoms with Crippen LogP contribution in [-0.4, -0.2) is 30.2 Å². The van der Waals surface area contributed by atoms with Crippen LogP contribution >= 0.6 is 7.92 Å². The Morgan fingerprint density at radius 1 is 0.889 bits per heavy atom. The summed E-state index contributed by atoms with van der Waals surface area (Å²) in [4.78, 5) is 14.6. The van der Waals surface area contributed by atoms with Crippen molar-refractivity contribution in [3.63, 3.8) is 0 Å². The predicted molar refractivity (Wildman–Crippen MR) is 120 cm³/mol. The van der Waals surface area contributed by atoms with Crippen LogP contribution in [0.5, 0.6) is 0 Å². The molecule has 0 atom stereocenters. The quantitative estimate of drug-likeness (QED) is 0.631. The van der Waals surface area contributed by atoms with E-state index in [1.165, 1.54) is 27.7 Å². The molecule has 1 heterocycles. The average molecular weight is 382 g/mol. The molecule has 2 aromatic carbocycles. The number of nitrogens with zero attached hydrogens (tertiary/aromatic N) is 1. The van der Waals surface area contributed by atoms with Gasteiger partial charge in [0, 0.05) is 38.2 Å². The standard InChI is InChI=1S/C24H32NOP/c1-17-11-10-13-20(25(6)7)22(17)19-12-8-9-14-21(19)27-23(2,3)15-18(26)16-24(27,4)5/h8-14H,15-16H2,1-7H3. The van der Waals surface area contributed by atoms with Gasteiger partial charge < -0.3 is 4.90 Å². The maximum Gasteiger partial charge on any atom is 0.134 e. The summed E-state index contributed by atoms with van der Waals surface area (Å²) in [6.45, 7) is 11.4. The van der Waals surface area contributed by atoms with E-state index in [9.17, 15) is 4.79 Å². The third kappa shape index (κ3) is 3.69. The average Bonchev–Trinajstić information content (AvgIpc) is 2.52. The number of ketones is 1. The van der Waals surface area contributed by atoms with Crippen LogP contribution < -0.4 is 10.2 Å². The molecular weight excluding hydrogens is 349 g/mol. The predicted octanol–water partition coefficient (Wildman–Crippen LogP) is 5.76. The Bertz CT molecular complexity index is 846. The smallest absolute Gasteiger partial charge is 0.134 e. The van der Waals surface area contributed by atoms with Crippen molar-refractivity contribution in [2.24, 2.45) is 0 Å². The second-order valence-electron chi connectivity index (χ2n) is 9.23. The minimum atomic E-state index is -0.508. The Morgan fingerprint density at radius 3 is 2.07 bits per heavy atom. The van der Waals surface area contributed by atoms with E-state index in [0.717, 1.165) is 0 Å². The van der Waals surface area contributed by atoms with Crippen molar-refractivity contribution >= 4 is 24.7 Å². The number of rotatable bonds is 3. The molecule has 0 N–H and O–H groups in total. The van der Waals surface area contributed by atoms with Crippen LogP contribution in [0.2, 0.25) is 0 Å². The molecule has 1 aliphatic rings. The van der Waals surface area contributed by atoms with Gasteiger partial charge >= 0.3 is 0 Å². The molecule has 0 unspecified atom stereocenters. The molecule has 2 nitrogen and oxygen atoms in total. The lowest BCUT2D eigenvalue weighted by atomic mass is 9.96. The van der Waals surface area contributed by atoms with Gasteiger partial charge in [-0.05, 0) is 39.7 Å². The summed E-state index contributed by atoms with van der Waals surface area (Å²) in [6.07, 6.45) is 1.37. The first-order valence-electron chi connectivity index (χ1n) is 9.73. The molecular formula is C24H32NOP. The third-order valence-electron chi connectivity index (χ3n) is 5.62. The van der Waals surface area contributed by atoms with Gasteiger partial charge in [-0.15, -0.1) is 0 Å². The zero-order valence-corrected chi connectivity index (χ0v) is 18.7. The lowest BCUT2D eigenvalue weighted by Gasteiger charge is -2.49. The lowest BCUT2D eigenvalue weighted by molar-refractivity contribution is -0.120. The van der Waals surface area contributed by atoms with E-state index in [2.05, 4.69) is 96.1 Å². The van der Waals surface area contributed by atoms with E-state index in [1.807, 2.05) is 0 Å². The highest BCUT2D eigenvalue weighted by Crippen LogP contribution is 2.65. The van der Waals surface area contributed by atoms with E-state index in [-0.39, 0.29) is 10.3 Å². The highest BCUT2D eigenvalue weighted by atomic mass is 31.1. The minimum Gasteiger partial charge on any atom is -0.377 e. The van der Waals surface area contributed by atoms with Gasteiger partial charge in [0.05, 0.1) is 0 Å². The molecule has 0 radical (unpaired) electrons. The van der Waals surface area contributed by atoms with Crippen molar-refractivity contribution < 1.29 is 4.79 Å². The van der Waals surface area contributed by atoms with Gasteiger partial charge in [0.15, 0.2) is 0 Å². The zero-order valence-electron chi connectivity index (χ0n) is 17.8. The molecule has 1 saturated heterocycles. The summed E-state index contributed by atoms with van der Waals surface area (Å²) in [5, 5.41) is 1.45. The molecule has 0 bridgehead atoms. The van der Waals surface area contributed by atoms with Gasteiger partial charge in [-0.1, -0.05) is 72.0 Å². The number of carbonyl (C=O) groups excluding carboxylic acids is 1. The van der Waals surface area contributed by atoms with Crippen LogP contribution in [0.15, 0.2) is 42.5 Å². The monoisotopic (exact) mass is 381 g/mol. The van der Waals surface area contributed by atoms with Gasteiger partial charge in [-0.25, -0.2) is 0 Å². The molecule has 1 aliphatic heterocycles. The van der Waals surface area contributed by atoms with Crippen LogP contribution in [0.1, 0.15) is 46.1 Å². The van der Waals surface area contributed by atoms with Crippen molar-refractivity contribution in [2.75, 3.05) is 19.0 Å². The van der Waals surface area contributed by atoms with Crippen LogP contribution in [0.4, 0.5) is 5.69 Å². The van der Waals surface area contributed by atoms with Crippen molar-refractivity contribution in [1.82, 2.24) is 0 Å². The van der Waals surface area contributed by atoms with E-state index < -0.39 is 7.92 Å². The summed E-state index contributed by atoms with van der Waals surface area (Å²) in [7, 11) is 3.71. The number of Topliss-reactive ketones (excluding diaryl/α,β-unsaturated/α-hetero) is 1. The zero-order chi connectivity index (χ0) is 20.0. The molecule has 144 valence electrons. The second-order valence-corrected chi connectivity index (χ2v) is 12.8. The Morgan fingerprint density at radius 2 is 1.48 bits per heavy atom. The number of anilines is 1. The van der Waals surface area contributed by atoms with E-state index >= 15 is 0 Å². The topological polar surface area (TPSA) is 20.3 Å². The molecule has 0 amide bonds. The highest BCUT2D eigenvalue weighted by Gasteiger charge is 2.48. The molecule has 0 aliphatic carbocycles. The van der Waals surface area contributed by atoms with Crippen LogP contribution in [0.25, 0.3) is 11.1 Å². The van der Waals surface area contributed by atoms with Crippen LogP contribution in [0, 0.1) is 6.92 Å². The molecule has 1 fully saturated rings. The van der Waals surface area contributed by atoms with Crippen LogP contribution in [0.3, 0.4) is 0 Å². The molecule has 0 aromatic heterocycles. The van der Waals surface area contributed by atoms with Gasteiger partial charge in [0.25, 0.3) is 0 Å². The number of hydrogen-bond acceptors (Lipinski definition) is 2. The fraction of sp³-hybridized carbons (Fsp3) is 0.458. The Balaban J connectivity index is 2.26. The molecule has 0 saturated carbocycles. The molecule has 2 aromatic rings. The first-order valence-corrected chi connectivity index (χ1v) is 11.1. The van der Waals surface area contributed by atoms with Crippen molar-refractivity contribution in [3.05, 3.63) is 48.0 Å². The molecule has 0 spiro atoms. The maximum absolute atomic E-state index is 12.4. The van der Waals surface area contributed by atoms with Gasteiger partial charge in [0.1, 0.15) is 5.78 Å². The van der Waals surface area contributed by atoms with E-state index in [1.54, 1.807) is 0 Å². The van der Waals surface area contributed by atoms with E-state index in [4.69, 9.17) is 0 Å². The third-order valence-corrected chi connectivity index (χ3v) is 9.23. The summed E-state index contributed by atoms with van der Waals surface area (Å²) in [6, 6.07) is 15.4. The Hall–Kier alpha value is -1.66. The lowest BCUT2D eigenvalue weighted by Crippen LogP contribution is -2.43. The number of carbonyl (C=O) groups is 1. The van der Waals surface area contributed by atoms with Crippen LogP contribution in [-0.2, 0) is 4.79 Å². The summed E-state index contributed by atoms with van der Waals surface area (Å²) in [5.41, 5.74) is 5.21. The summed E-state index contributed by atoms with van der Waals surface area (Å²) in [5.74, 6) is 0.408. The second kappa shape index (κ2) is 7.06. The first-order chi connectivity index (χ1) is 12.5. The molecule has 3 rings (SSSR count). The summed E-state index contributed by atoms with van der Waals surface area (Å²) < 4.78 is 0. The highest BCUT2D eigenvalue weighted by molar-refractivity contribution is 7.69. The van der Waals surface area contributed by atoms with Gasteiger partial charge in [0.2, 0.25) is 0 Å². The van der Waals surface area contributed by atoms with E-state index in [0.29, 0.717) is 18.6 Å². The van der Waals surface area contributed by atoms with Crippen molar-refractivity contribution in [1.29, 1.82) is 0 Å². The Labute approximate surface area is 165 Å². The van der Waals surface area contributed by atoms with Crippen molar-refractivity contribution in [2.45, 2.75) is 57.8 Å². The maximum atomic E-state index is 12.4. The molecule has 3 heteroatoms. The SMILES string of the molecule is Cc1cccc(N(C)C)c1-c1ccccc1P1C(C)(C)CC(=O)CC1(C)C. The number of aryl methyl sites for hydroxylation is 1. The normalized spacial score (nSPS) is 19.1. The van der Waals surface area contributed by atoms with Crippen molar-refractivity contribution in [3.8, 4) is 11.1 Å². The first kappa shape index (κ1) is 20.1. The molecule has 27 heavy (non-hydrogen) atoms.